The molecular weight excluding hydrogens is 1850 g/mol. The Labute approximate surface area is 586 Å². The van der Waals surface area contributed by atoms with E-state index in [4.69, 9.17) is 60.7 Å². The van der Waals surface area contributed by atoms with Gasteiger partial charge in [-0.05, 0) is 97.0 Å². The van der Waals surface area contributed by atoms with Crippen molar-refractivity contribution in [2.24, 2.45) is 0 Å². The fourth-order valence-electron chi connectivity index (χ4n) is 6.84. The Morgan fingerprint density at radius 3 is 1.53 bits per heavy atom. The molecule has 0 bridgehead atoms. The molecular formula is C62H89I6O15V2-2. The summed E-state index contributed by atoms with van der Waals surface area (Å²) in [6.45, 7) is 27.6. The van der Waals surface area contributed by atoms with Crippen molar-refractivity contribution in [1.29, 1.82) is 0 Å². The minimum atomic E-state index is -0.278. The number of furan rings is 4. The molecule has 8 aromatic rings. The third-order valence-corrected chi connectivity index (χ3v) is 10.6. The van der Waals surface area contributed by atoms with Crippen molar-refractivity contribution in [1.82, 2.24) is 0 Å². The Balaban J connectivity index is -0.000000934. The second kappa shape index (κ2) is 52.4. The van der Waals surface area contributed by atoms with E-state index in [1.807, 2.05) is 111 Å². The fourth-order valence-corrected chi connectivity index (χ4v) is 6.84. The molecule has 4 aromatic carbocycles. The molecule has 0 saturated carbocycles. The van der Waals surface area contributed by atoms with Crippen molar-refractivity contribution in [2.45, 2.75) is 128 Å². The van der Waals surface area contributed by atoms with E-state index < -0.39 is 0 Å². The van der Waals surface area contributed by atoms with Gasteiger partial charge in [0.1, 0.15) is 65.9 Å². The third-order valence-electron chi connectivity index (χ3n) is 10.6. The number of ether oxygens (including phenoxy) is 8. The Kier molecular flexibility index (Phi) is 54.2. The predicted molar refractivity (Wildman–Crippen MR) is 395 cm³/mol. The van der Waals surface area contributed by atoms with Crippen LogP contribution in [-0.2, 0) is 23.9 Å². The Bertz CT molecular complexity index is 2920. The zero-order valence-corrected chi connectivity index (χ0v) is 66.5. The third kappa shape index (κ3) is 31.1. The number of fused-ring (bicyclic) bond motifs is 8. The normalized spacial score (nSPS) is 15.1. The number of phenolic OH excluding ortho intramolecular Hbond substituents is 1. The van der Waals surface area contributed by atoms with Crippen LogP contribution in [0.25, 0.3) is 43.9 Å². The van der Waals surface area contributed by atoms with E-state index in [1.54, 1.807) is 37.8 Å². The van der Waals surface area contributed by atoms with E-state index in [0.29, 0.717) is 64.1 Å². The van der Waals surface area contributed by atoms with Crippen LogP contribution >= 0.6 is 122 Å². The number of hydrogen-bond donors (Lipinski definition) is 2. The number of carbonyl (C=O) groups is 1. The molecule has 85 heavy (non-hydrogen) atoms. The van der Waals surface area contributed by atoms with Crippen LogP contribution in [0.5, 0.6) is 40.2 Å². The first kappa shape index (κ1) is 87.9. The van der Waals surface area contributed by atoms with Crippen molar-refractivity contribution in [3.63, 3.8) is 0 Å². The molecule has 0 aliphatic carbocycles. The van der Waals surface area contributed by atoms with Gasteiger partial charge in [0, 0.05) is 0 Å². The van der Waals surface area contributed by atoms with Crippen LogP contribution < -0.4 is 28.4 Å². The van der Waals surface area contributed by atoms with Gasteiger partial charge in [-0.2, -0.15) is 0 Å². The molecule has 8 heterocycles. The number of rotatable bonds is 8. The summed E-state index contributed by atoms with van der Waals surface area (Å²) in [5, 5.41) is 21.8. The molecule has 481 valence electrons. The quantitative estimate of drug-likeness (QED) is 0.0480. The molecule has 0 radical (unpaired) electrons. The van der Waals surface area contributed by atoms with Gasteiger partial charge in [0.05, 0.1) is 78.9 Å². The van der Waals surface area contributed by atoms with Crippen molar-refractivity contribution in [2.75, 3.05) is 51.2 Å². The van der Waals surface area contributed by atoms with Crippen LogP contribution in [0.15, 0.2) is 109 Å². The molecule has 4 aromatic heterocycles. The predicted octanol–water partition coefficient (Wildman–Crippen LogP) is 21.3. The zero-order valence-electron chi connectivity index (χ0n) is 50.8. The molecule has 4 aliphatic rings. The number of benzene rings is 4. The van der Waals surface area contributed by atoms with E-state index in [2.05, 4.69) is 143 Å². The summed E-state index contributed by atoms with van der Waals surface area (Å²) in [7, 11) is 2.25. The number of aliphatic hydroxyl groups is 1. The topological polar surface area (TPSA) is 191 Å². The van der Waals surface area contributed by atoms with Gasteiger partial charge in [0.2, 0.25) is 0 Å². The standard InChI is InChI=1S/C13H14O3.C12H12O4.C11H10O4.C9H6O3.C4H8O.C2H5I.4C2H6.CH4.2CH3.5HI.2V/c1-3-9-7-14-13-10-6-8(2)15-11(10)4-5-12(13)16-9;1-13-11-3-2-10-9(4-5-14-10)12(11)16-7-8-6-15-8;12-5-7-6-14-11-8-3-4-13-9(8)1-2-10(11)15-7;10-5-6-1-2-8-7(9(6)11)3-4-12-8;1-2-4-3-5-4;1-2-3;4*1-2;;;;;;;;;;/h4-6,9H,3,7H2,1-2H3;2-5,8H,6-7H2,1H3;1-4,7,12H,5-6H2;1-5,11H;4H,2-3H2,1H3;2H2,1H3;4*1-2H3;1H4;2*1H3;5*1H;;/q;;;;;;;;;;;2*-1;;;;;;+2;+3/p-5. The van der Waals surface area contributed by atoms with Gasteiger partial charge in [-0.1, -0.05) is 106 Å². The first-order valence-electron chi connectivity index (χ1n) is 26.9. The van der Waals surface area contributed by atoms with Gasteiger partial charge in [-0.15, -0.1) is 0 Å². The van der Waals surface area contributed by atoms with E-state index in [1.165, 1.54) is 23.2 Å². The number of methoxy groups -OCH3 is 1. The van der Waals surface area contributed by atoms with Gasteiger partial charge in [0.15, 0.2) is 46.9 Å². The summed E-state index contributed by atoms with van der Waals surface area (Å²) in [5.74, 6) is 5.32. The summed E-state index contributed by atoms with van der Waals surface area (Å²) in [6, 6.07) is 21.7. The van der Waals surface area contributed by atoms with Crippen molar-refractivity contribution < 1.29 is 85.0 Å². The number of phenols is 1. The van der Waals surface area contributed by atoms with Crippen molar-refractivity contribution >= 4 is 173 Å². The molecule has 15 nitrogen and oxygen atoms in total. The average molecular weight is 1940 g/mol. The molecule has 2 saturated heterocycles. The van der Waals surface area contributed by atoms with Crippen molar-refractivity contribution in [3.8, 4) is 40.2 Å². The Hall–Kier alpha value is -1.26. The number of aromatic hydroxyl groups is 1. The van der Waals surface area contributed by atoms with Crippen LogP contribution in [0, 0.1) is 21.8 Å². The molecule has 4 unspecified atom stereocenters. The molecule has 12 rings (SSSR count). The average Bonchev–Trinajstić information content (AvgIpc) is 4.22. The van der Waals surface area contributed by atoms with E-state index in [-0.39, 0.29) is 63.4 Å². The van der Waals surface area contributed by atoms with Gasteiger partial charge in [0.25, 0.3) is 0 Å². The molecule has 4 atom stereocenters. The summed E-state index contributed by atoms with van der Waals surface area (Å²) < 4.78 is 66.0. The van der Waals surface area contributed by atoms with Crippen LogP contribution in [-0.4, -0.2) is 92.1 Å². The number of aliphatic hydroxyl groups excluding tert-OH is 1. The van der Waals surface area contributed by atoms with Gasteiger partial charge in [-0.3, -0.25) is 4.79 Å². The summed E-state index contributed by atoms with van der Waals surface area (Å²) >= 11 is 14.4. The number of aldehydes is 1. The number of halogens is 6. The van der Waals surface area contributed by atoms with Gasteiger partial charge < -0.3 is 80.6 Å². The van der Waals surface area contributed by atoms with E-state index in [9.17, 15) is 9.90 Å². The molecule has 23 heteroatoms. The number of alkyl halides is 1. The zero-order chi connectivity index (χ0) is 61.6. The fraction of sp³-hybridized carbons (Fsp3) is 0.435. The second-order valence-corrected chi connectivity index (χ2v) is 64.3. The number of aryl methyl sites for hydroxylation is 1. The molecule has 2 fully saturated rings. The molecule has 4 aliphatic heterocycles. The summed E-state index contributed by atoms with van der Waals surface area (Å²) in [6.07, 6.45) is 8.25. The SMILES string of the molecule is C.CC.CC.CC.CC.CCC1CO1.CCC1COc2c(ccc3oc(C)cc23)O1.CCI.COc1ccc2occc2c1OCC1CO1.O=Cc1ccc2occc2c1O.OCC1COc2c(ccc3occc23)O1.[CH3-].[CH3-].[I][V]([I])[I].[I][V][I]. The van der Waals surface area contributed by atoms with Crippen molar-refractivity contribution in [3.05, 3.63) is 118 Å². The van der Waals surface area contributed by atoms with Crippen LogP contribution in [0.1, 0.15) is 113 Å². The first-order valence-corrected chi connectivity index (χ1v) is 51.0. The first-order chi connectivity index (χ1) is 39.9. The summed E-state index contributed by atoms with van der Waals surface area (Å²) in [5.41, 5.74) is 3.30. The molecule has 0 amide bonds. The van der Waals surface area contributed by atoms with E-state index >= 15 is 0 Å². The maximum atomic E-state index is 10.4. The van der Waals surface area contributed by atoms with Gasteiger partial charge >= 0.3 is 114 Å². The van der Waals surface area contributed by atoms with Gasteiger partial charge in [-0.25, -0.2) is 0 Å². The molecule has 0 spiro atoms. The summed E-state index contributed by atoms with van der Waals surface area (Å²) in [4.78, 5) is 10.1. The Morgan fingerprint density at radius 2 is 1.06 bits per heavy atom. The number of epoxide rings is 2. The number of carbonyl (C=O) groups excluding carboxylic acids is 1. The maximum absolute atomic E-state index is 10.4. The monoisotopic (exact) mass is 1940 g/mol. The van der Waals surface area contributed by atoms with E-state index in [0.717, 1.165) is 81.3 Å². The second-order valence-electron chi connectivity index (χ2n) is 15.6. The van der Waals surface area contributed by atoms with Crippen LogP contribution in [0.4, 0.5) is 0 Å². The van der Waals surface area contributed by atoms with Crippen LogP contribution in [0.2, 0.25) is 0 Å². The minimum absolute atomic E-state index is 0. The Morgan fingerprint density at radius 1 is 0.635 bits per heavy atom. The van der Waals surface area contributed by atoms with Crippen LogP contribution in [0.3, 0.4) is 0 Å². The molecule has 2 N–H and O–H groups in total. The number of hydrogen-bond acceptors (Lipinski definition) is 15.